The number of carbonyl (C=O) groups excluding carboxylic acids is 2. The monoisotopic (exact) mass is 417 g/mol. The predicted molar refractivity (Wildman–Crippen MR) is 101 cm³/mol. The van der Waals surface area contributed by atoms with Gasteiger partial charge in [0.05, 0.1) is 0 Å². The van der Waals surface area contributed by atoms with Crippen LogP contribution in [0.15, 0.2) is 60.7 Å². The molecule has 8 nitrogen and oxygen atoms in total. The number of carbonyl (C=O) groups is 2. The third-order valence-electron chi connectivity index (χ3n) is 3.80. The first-order valence-corrected chi connectivity index (χ1v) is 8.40. The predicted octanol–water partition coefficient (Wildman–Crippen LogP) is 4.17. The summed E-state index contributed by atoms with van der Waals surface area (Å²) in [7, 11) is 0. The summed E-state index contributed by atoms with van der Waals surface area (Å²) in [4.78, 5) is 31.1. The maximum Gasteiger partial charge on any atom is 0.433 e. The molecule has 0 saturated carbocycles. The number of urea groups is 1. The second-order valence-electron chi connectivity index (χ2n) is 5.92. The molecule has 30 heavy (non-hydrogen) atoms. The summed E-state index contributed by atoms with van der Waals surface area (Å²) in [5.41, 5.74) is 1.31. The molecule has 0 saturated heterocycles. The summed E-state index contributed by atoms with van der Waals surface area (Å²) in [5.74, 6) is -1.42. The van der Waals surface area contributed by atoms with Crippen LogP contribution in [-0.4, -0.2) is 27.0 Å². The van der Waals surface area contributed by atoms with Crippen molar-refractivity contribution in [2.24, 2.45) is 0 Å². The largest absolute Gasteiger partial charge is 0.433 e. The molecule has 154 valence electrons. The highest BCUT2D eigenvalue weighted by Gasteiger charge is 2.34. The standard InChI is InChI=1S/C19H14F3N5O3/c20-19(21,22)14-10-15(27-30)25-17(24-14)26-18(29)23-13-8-6-12(7-9-13)16(28)11-4-2-1-3-5-11/h1-10,30H,(H3,23,24,25,26,27,29). The van der Waals surface area contributed by atoms with Crippen molar-refractivity contribution in [1.29, 1.82) is 0 Å². The molecule has 0 aliphatic heterocycles. The van der Waals surface area contributed by atoms with E-state index in [-0.39, 0.29) is 11.5 Å². The lowest BCUT2D eigenvalue weighted by molar-refractivity contribution is -0.141. The number of rotatable bonds is 5. The number of alkyl halides is 3. The quantitative estimate of drug-likeness (QED) is 0.366. The van der Waals surface area contributed by atoms with E-state index in [2.05, 4.69) is 20.6 Å². The Morgan fingerprint density at radius 1 is 0.867 bits per heavy atom. The summed E-state index contributed by atoms with van der Waals surface area (Å²) >= 11 is 0. The molecule has 0 unspecified atom stereocenters. The van der Waals surface area contributed by atoms with E-state index in [1.165, 1.54) is 29.7 Å². The molecule has 4 N–H and O–H groups in total. The smallest absolute Gasteiger partial charge is 0.308 e. The van der Waals surface area contributed by atoms with Gasteiger partial charge in [0.25, 0.3) is 0 Å². The van der Waals surface area contributed by atoms with Gasteiger partial charge in [0, 0.05) is 22.9 Å². The molecule has 0 bridgehead atoms. The Morgan fingerprint density at radius 2 is 1.50 bits per heavy atom. The van der Waals surface area contributed by atoms with Gasteiger partial charge in [-0.25, -0.2) is 9.78 Å². The first kappa shape index (κ1) is 20.7. The third-order valence-corrected chi connectivity index (χ3v) is 3.80. The fourth-order valence-corrected chi connectivity index (χ4v) is 2.43. The number of anilines is 3. The van der Waals surface area contributed by atoms with E-state index in [0.717, 1.165) is 0 Å². The fraction of sp³-hybridized carbons (Fsp3) is 0.0526. The van der Waals surface area contributed by atoms with E-state index in [1.807, 2.05) is 0 Å². The van der Waals surface area contributed by atoms with Crippen molar-refractivity contribution in [3.63, 3.8) is 0 Å². The number of nitrogens with zero attached hydrogens (tertiary/aromatic N) is 2. The van der Waals surface area contributed by atoms with Gasteiger partial charge in [-0.1, -0.05) is 30.3 Å². The average molecular weight is 417 g/mol. The summed E-state index contributed by atoms with van der Waals surface area (Å²) in [6.07, 6.45) is -4.80. The Balaban J connectivity index is 1.69. The molecule has 1 heterocycles. The van der Waals surface area contributed by atoms with Gasteiger partial charge in [0.2, 0.25) is 5.95 Å². The molecule has 0 atom stereocenters. The topological polar surface area (TPSA) is 116 Å². The van der Waals surface area contributed by atoms with Crippen LogP contribution >= 0.6 is 0 Å². The summed E-state index contributed by atoms with van der Waals surface area (Å²) < 4.78 is 38.5. The molecule has 0 aliphatic rings. The van der Waals surface area contributed by atoms with Crippen molar-refractivity contribution < 1.29 is 28.0 Å². The number of hydrogen-bond donors (Lipinski definition) is 4. The van der Waals surface area contributed by atoms with Crippen LogP contribution in [0.5, 0.6) is 0 Å². The molecule has 1 aromatic heterocycles. The van der Waals surface area contributed by atoms with Crippen molar-refractivity contribution in [2.75, 3.05) is 16.1 Å². The third kappa shape index (κ3) is 5.08. The van der Waals surface area contributed by atoms with Crippen LogP contribution in [0.4, 0.5) is 35.4 Å². The van der Waals surface area contributed by atoms with E-state index >= 15 is 0 Å². The number of nitrogens with one attached hydrogen (secondary N) is 3. The highest BCUT2D eigenvalue weighted by atomic mass is 19.4. The van der Waals surface area contributed by atoms with E-state index < -0.39 is 29.7 Å². The van der Waals surface area contributed by atoms with Crippen LogP contribution in [0.25, 0.3) is 0 Å². The van der Waals surface area contributed by atoms with Gasteiger partial charge >= 0.3 is 12.2 Å². The van der Waals surface area contributed by atoms with Crippen LogP contribution in [-0.2, 0) is 6.18 Å². The molecule has 0 radical (unpaired) electrons. The molecule has 0 spiro atoms. The number of hydrogen-bond acceptors (Lipinski definition) is 6. The lowest BCUT2D eigenvalue weighted by atomic mass is 10.0. The molecule has 0 aliphatic carbocycles. The Labute approximate surface area is 167 Å². The molecule has 3 aromatic rings. The Hall–Kier alpha value is -3.99. The first-order chi connectivity index (χ1) is 14.3. The van der Waals surface area contributed by atoms with Gasteiger partial charge in [-0.3, -0.25) is 20.8 Å². The lowest BCUT2D eigenvalue weighted by Gasteiger charge is -2.11. The second-order valence-corrected chi connectivity index (χ2v) is 5.92. The number of aromatic nitrogens is 2. The zero-order valence-electron chi connectivity index (χ0n) is 15.1. The van der Waals surface area contributed by atoms with E-state index in [1.54, 1.807) is 30.3 Å². The van der Waals surface area contributed by atoms with Crippen molar-refractivity contribution in [2.45, 2.75) is 6.18 Å². The van der Waals surface area contributed by atoms with E-state index in [0.29, 0.717) is 17.2 Å². The van der Waals surface area contributed by atoms with Crippen LogP contribution < -0.4 is 16.1 Å². The first-order valence-electron chi connectivity index (χ1n) is 8.40. The number of ketones is 1. The molecular formula is C19H14F3N5O3. The highest BCUT2D eigenvalue weighted by Crippen LogP contribution is 2.29. The SMILES string of the molecule is O=C(Nc1ccc(C(=O)c2ccccc2)cc1)Nc1nc(NO)cc(C(F)(F)F)n1. The van der Waals surface area contributed by atoms with Gasteiger partial charge in [-0.05, 0) is 24.3 Å². The maximum atomic E-state index is 12.8. The van der Waals surface area contributed by atoms with Crippen LogP contribution in [0, 0.1) is 0 Å². The lowest BCUT2D eigenvalue weighted by Crippen LogP contribution is -2.22. The average Bonchev–Trinajstić information content (AvgIpc) is 2.73. The normalized spacial score (nSPS) is 10.9. The van der Waals surface area contributed by atoms with E-state index in [9.17, 15) is 22.8 Å². The second kappa shape index (κ2) is 8.57. The van der Waals surface area contributed by atoms with Crippen LogP contribution in [0.1, 0.15) is 21.6 Å². The van der Waals surface area contributed by atoms with Gasteiger partial charge in [0.1, 0.15) is 0 Å². The fourth-order valence-electron chi connectivity index (χ4n) is 2.43. The van der Waals surface area contributed by atoms with Gasteiger partial charge in [-0.2, -0.15) is 18.2 Å². The van der Waals surface area contributed by atoms with Crippen molar-refractivity contribution in [3.05, 3.63) is 77.5 Å². The molecule has 0 fully saturated rings. The van der Waals surface area contributed by atoms with Gasteiger partial charge < -0.3 is 5.32 Å². The Kier molecular flexibility index (Phi) is 5.93. The zero-order chi connectivity index (χ0) is 21.7. The van der Waals surface area contributed by atoms with Crippen molar-refractivity contribution in [1.82, 2.24) is 9.97 Å². The molecule has 2 amide bonds. The summed E-state index contributed by atoms with van der Waals surface area (Å²) in [6, 6.07) is 14.1. The highest BCUT2D eigenvalue weighted by molar-refractivity contribution is 6.09. The minimum Gasteiger partial charge on any atom is -0.308 e. The van der Waals surface area contributed by atoms with Crippen molar-refractivity contribution >= 4 is 29.3 Å². The minimum atomic E-state index is -4.80. The molecule has 2 aromatic carbocycles. The molecule has 3 rings (SSSR count). The van der Waals surface area contributed by atoms with Crippen molar-refractivity contribution in [3.8, 4) is 0 Å². The zero-order valence-corrected chi connectivity index (χ0v) is 15.1. The van der Waals surface area contributed by atoms with E-state index in [4.69, 9.17) is 5.21 Å². The Morgan fingerprint density at radius 3 is 2.10 bits per heavy atom. The molecule has 11 heteroatoms. The maximum absolute atomic E-state index is 12.8. The Bertz CT molecular complexity index is 1060. The number of halogens is 3. The number of benzene rings is 2. The minimum absolute atomic E-state index is 0.201. The summed E-state index contributed by atoms with van der Waals surface area (Å²) in [5, 5.41) is 13.2. The summed E-state index contributed by atoms with van der Waals surface area (Å²) in [6.45, 7) is 0. The van der Waals surface area contributed by atoms with Gasteiger partial charge in [0.15, 0.2) is 17.3 Å². The number of amides is 2. The van der Waals surface area contributed by atoms with Crippen LogP contribution in [0.2, 0.25) is 0 Å². The van der Waals surface area contributed by atoms with Gasteiger partial charge in [-0.15, -0.1) is 0 Å². The molecular weight excluding hydrogens is 403 g/mol. The van der Waals surface area contributed by atoms with Crippen LogP contribution in [0.3, 0.4) is 0 Å².